The molecule has 8 heteroatoms. The Balaban J connectivity index is 1.72. The molecule has 1 aliphatic rings. The molecule has 0 atom stereocenters. The van der Waals surface area contributed by atoms with Gasteiger partial charge in [-0.05, 0) is 37.8 Å². The number of piperidine rings is 1. The topological polar surface area (TPSA) is 102 Å². The van der Waals surface area contributed by atoms with E-state index in [9.17, 15) is 19.7 Å². The summed E-state index contributed by atoms with van der Waals surface area (Å²) in [6.45, 7) is 5.23. The minimum Gasteiger partial charge on any atom is -0.484 e. The molecule has 0 aromatic heterocycles. The van der Waals surface area contributed by atoms with Gasteiger partial charge in [0.05, 0.1) is 4.92 Å². The Labute approximate surface area is 159 Å². The number of carbonyl (C=O) groups excluding carboxylic acids is 2. The van der Waals surface area contributed by atoms with Crippen molar-refractivity contribution in [3.63, 3.8) is 0 Å². The van der Waals surface area contributed by atoms with Crippen LogP contribution in [-0.2, 0) is 9.59 Å². The molecule has 1 aromatic carbocycles. The third-order valence-electron chi connectivity index (χ3n) is 4.92. The zero-order chi connectivity index (χ0) is 19.8. The van der Waals surface area contributed by atoms with Crippen molar-refractivity contribution in [1.82, 2.24) is 10.2 Å². The van der Waals surface area contributed by atoms with E-state index in [4.69, 9.17) is 4.74 Å². The number of amides is 2. The molecule has 0 unspecified atom stereocenters. The number of nitrogens with zero attached hydrogens (tertiary/aromatic N) is 2. The second kappa shape index (κ2) is 9.89. The normalized spacial score (nSPS) is 14.9. The van der Waals surface area contributed by atoms with Gasteiger partial charge in [-0.2, -0.15) is 0 Å². The molecule has 0 saturated carbocycles. The van der Waals surface area contributed by atoms with Gasteiger partial charge in [-0.25, -0.2) is 0 Å². The van der Waals surface area contributed by atoms with Crippen LogP contribution in [0.25, 0.3) is 0 Å². The van der Waals surface area contributed by atoms with Crippen molar-refractivity contribution in [3.8, 4) is 5.75 Å². The van der Waals surface area contributed by atoms with Crippen LogP contribution in [0.1, 0.15) is 39.5 Å². The van der Waals surface area contributed by atoms with Gasteiger partial charge in [-0.15, -0.1) is 0 Å². The fourth-order valence-corrected chi connectivity index (χ4v) is 3.22. The molecule has 0 spiro atoms. The van der Waals surface area contributed by atoms with Gasteiger partial charge in [0.1, 0.15) is 5.75 Å². The first-order chi connectivity index (χ1) is 12.9. The molecule has 148 valence electrons. The van der Waals surface area contributed by atoms with Crippen molar-refractivity contribution in [3.05, 3.63) is 34.4 Å². The Hall–Kier alpha value is -2.64. The zero-order valence-corrected chi connectivity index (χ0v) is 15.8. The fourth-order valence-electron chi connectivity index (χ4n) is 3.22. The molecule has 0 radical (unpaired) electrons. The lowest BCUT2D eigenvalue weighted by Crippen LogP contribution is -2.48. The monoisotopic (exact) mass is 377 g/mol. The van der Waals surface area contributed by atoms with Gasteiger partial charge in [0.25, 0.3) is 11.6 Å². The van der Waals surface area contributed by atoms with Crippen LogP contribution < -0.4 is 10.1 Å². The Morgan fingerprint density at radius 1 is 1.22 bits per heavy atom. The molecule has 1 N–H and O–H groups in total. The number of nitrogens with one attached hydrogen (secondary N) is 1. The molecule has 8 nitrogen and oxygen atoms in total. The van der Waals surface area contributed by atoms with Gasteiger partial charge in [0.2, 0.25) is 5.91 Å². The summed E-state index contributed by atoms with van der Waals surface area (Å²) >= 11 is 0. The number of ether oxygens (including phenoxy) is 1. The number of carbonyl (C=O) groups is 2. The first kappa shape index (κ1) is 20.7. The first-order valence-electron chi connectivity index (χ1n) is 9.40. The molecule has 2 rings (SSSR count). The second-order valence-corrected chi connectivity index (χ2v) is 6.72. The zero-order valence-electron chi connectivity index (χ0n) is 15.8. The number of rotatable bonds is 8. The maximum Gasteiger partial charge on any atom is 0.269 e. The van der Waals surface area contributed by atoms with Gasteiger partial charge in [0.15, 0.2) is 6.61 Å². The van der Waals surface area contributed by atoms with Crippen molar-refractivity contribution in [2.24, 2.45) is 5.92 Å². The lowest BCUT2D eigenvalue weighted by atomic mass is 9.98. The van der Waals surface area contributed by atoms with E-state index in [1.165, 1.54) is 24.3 Å². The Morgan fingerprint density at radius 3 is 2.33 bits per heavy atom. The lowest BCUT2D eigenvalue weighted by molar-refractivity contribution is -0.384. The number of nitro groups is 1. The minimum absolute atomic E-state index is 0.0264. The third kappa shape index (κ3) is 5.94. The largest absolute Gasteiger partial charge is 0.484 e. The van der Waals surface area contributed by atoms with Crippen LogP contribution >= 0.6 is 0 Å². The highest BCUT2D eigenvalue weighted by atomic mass is 16.6. The molecule has 1 aromatic rings. The first-order valence-corrected chi connectivity index (χ1v) is 9.40. The summed E-state index contributed by atoms with van der Waals surface area (Å²) in [5.41, 5.74) is -0.0264. The molecule has 1 heterocycles. The summed E-state index contributed by atoms with van der Waals surface area (Å²) in [7, 11) is 0. The SMILES string of the molecule is CCC(CC)C(=O)N1CCC(NC(=O)COc2ccc([N+](=O)[O-])cc2)CC1. The summed E-state index contributed by atoms with van der Waals surface area (Å²) in [4.78, 5) is 36.5. The second-order valence-electron chi connectivity index (χ2n) is 6.72. The fraction of sp³-hybridized carbons (Fsp3) is 0.579. The van der Waals surface area contributed by atoms with Crippen molar-refractivity contribution >= 4 is 17.5 Å². The maximum atomic E-state index is 12.4. The smallest absolute Gasteiger partial charge is 0.269 e. The average Bonchev–Trinajstić information content (AvgIpc) is 2.68. The number of likely N-dealkylation sites (tertiary alicyclic amines) is 1. The summed E-state index contributed by atoms with van der Waals surface area (Å²) in [6, 6.07) is 5.63. The molecule has 27 heavy (non-hydrogen) atoms. The maximum absolute atomic E-state index is 12.4. The number of non-ortho nitro benzene ring substituents is 1. The third-order valence-corrected chi connectivity index (χ3v) is 4.92. The summed E-state index contributed by atoms with van der Waals surface area (Å²) in [5.74, 6) is 0.469. The van der Waals surface area contributed by atoms with Crippen LogP contribution in [0, 0.1) is 16.0 Å². The highest BCUT2D eigenvalue weighted by molar-refractivity contribution is 5.79. The van der Waals surface area contributed by atoms with E-state index in [1.54, 1.807) is 0 Å². The number of benzene rings is 1. The van der Waals surface area contributed by atoms with Crippen molar-refractivity contribution in [1.29, 1.82) is 0 Å². The summed E-state index contributed by atoms with van der Waals surface area (Å²) < 4.78 is 5.36. The molecule has 1 fully saturated rings. The average molecular weight is 377 g/mol. The van der Waals surface area contributed by atoms with E-state index in [2.05, 4.69) is 5.32 Å². The van der Waals surface area contributed by atoms with Gasteiger partial charge in [-0.1, -0.05) is 13.8 Å². The van der Waals surface area contributed by atoms with Crippen molar-refractivity contribution < 1.29 is 19.2 Å². The van der Waals surface area contributed by atoms with E-state index in [0.717, 1.165) is 25.7 Å². The molecule has 1 saturated heterocycles. The molecule has 0 aliphatic carbocycles. The molecule has 0 bridgehead atoms. The van der Waals surface area contributed by atoms with Gasteiger partial charge in [0, 0.05) is 37.2 Å². The Morgan fingerprint density at radius 2 is 1.81 bits per heavy atom. The number of nitro benzene ring substituents is 1. The Kier molecular flexibility index (Phi) is 7.57. The van der Waals surface area contributed by atoms with E-state index >= 15 is 0 Å². The molecule has 2 amide bonds. The van der Waals surface area contributed by atoms with E-state index in [0.29, 0.717) is 18.8 Å². The predicted molar refractivity (Wildman–Crippen MR) is 100 cm³/mol. The number of hydrogen-bond donors (Lipinski definition) is 1. The van der Waals surface area contributed by atoms with E-state index in [-0.39, 0.29) is 36.1 Å². The van der Waals surface area contributed by atoms with Crippen LogP contribution in [0.3, 0.4) is 0 Å². The molecule has 1 aliphatic heterocycles. The number of hydrogen-bond acceptors (Lipinski definition) is 5. The van der Waals surface area contributed by atoms with Crippen LogP contribution in [0.4, 0.5) is 5.69 Å². The van der Waals surface area contributed by atoms with E-state index in [1.807, 2.05) is 18.7 Å². The van der Waals surface area contributed by atoms with Crippen LogP contribution in [0.5, 0.6) is 5.75 Å². The molecular formula is C19H27N3O5. The highest BCUT2D eigenvalue weighted by Crippen LogP contribution is 2.18. The highest BCUT2D eigenvalue weighted by Gasteiger charge is 2.27. The Bertz CT molecular complexity index is 650. The van der Waals surface area contributed by atoms with Crippen LogP contribution in [-0.4, -0.2) is 47.4 Å². The van der Waals surface area contributed by atoms with E-state index < -0.39 is 4.92 Å². The summed E-state index contributed by atoms with van der Waals surface area (Å²) in [6.07, 6.45) is 3.17. The van der Waals surface area contributed by atoms with Crippen LogP contribution in [0.15, 0.2) is 24.3 Å². The lowest BCUT2D eigenvalue weighted by Gasteiger charge is -2.34. The van der Waals surface area contributed by atoms with Gasteiger partial charge >= 0.3 is 0 Å². The van der Waals surface area contributed by atoms with Crippen molar-refractivity contribution in [2.75, 3.05) is 19.7 Å². The van der Waals surface area contributed by atoms with Gasteiger partial charge in [-0.3, -0.25) is 19.7 Å². The summed E-state index contributed by atoms with van der Waals surface area (Å²) in [5, 5.41) is 13.5. The standard InChI is InChI=1S/C19H27N3O5/c1-3-14(4-2)19(24)21-11-9-15(10-12-21)20-18(23)13-27-17-7-5-16(6-8-17)22(25)26/h5-8,14-15H,3-4,9-13H2,1-2H3,(H,20,23). The van der Waals surface area contributed by atoms with Crippen molar-refractivity contribution in [2.45, 2.75) is 45.6 Å². The predicted octanol–water partition coefficient (Wildman–Crippen LogP) is 2.52. The van der Waals surface area contributed by atoms with Crippen LogP contribution in [0.2, 0.25) is 0 Å². The van der Waals surface area contributed by atoms with Gasteiger partial charge < -0.3 is 15.0 Å². The minimum atomic E-state index is -0.489. The molecular weight excluding hydrogens is 350 g/mol. The quantitative estimate of drug-likeness (QED) is 0.554.